The maximum atomic E-state index is 12.6. The number of aromatic carboxylic acids is 2. The first-order chi connectivity index (χ1) is 12.9. The third kappa shape index (κ3) is 3.52. The minimum atomic E-state index is -1.28. The molecule has 0 unspecified atom stereocenters. The summed E-state index contributed by atoms with van der Waals surface area (Å²) in [6.45, 7) is 1.63. The highest BCUT2D eigenvalue weighted by atomic mass is 16.4. The molecule has 0 spiro atoms. The molecule has 0 fully saturated rings. The van der Waals surface area contributed by atoms with E-state index >= 15 is 0 Å². The second-order valence-corrected chi connectivity index (χ2v) is 5.60. The van der Waals surface area contributed by atoms with Crippen LogP contribution in [0.25, 0.3) is 5.69 Å². The maximum Gasteiger partial charge on any atom is 0.337 e. The number of aromatic nitrogens is 2. The van der Waals surface area contributed by atoms with Crippen LogP contribution in [0.15, 0.2) is 63.6 Å². The van der Waals surface area contributed by atoms with Gasteiger partial charge in [-0.25, -0.2) is 14.3 Å². The summed E-state index contributed by atoms with van der Waals surface area (Å²) in [6.07, 6.45) is 0. The molecule has 0 saturated heterocycles. The molecule has 0 aliphatic heterocycles. The molecule has 0 atom stereocenters. The molecule has 9 nitrogen and oxygen atoms in total. The summed E-state index contributed by atoms with van der Waals surface area (Å²) in [6, 6.07) is 12.2. The number of aromatic amines is 1. The Labute approximate surface area is 152 Å². The highest BCUT2D eigenvalue weighted by Crippen LogP contribution is 2.24. The van der Waals surface area contributed by atoms with Crippen LogP contribution in [0.2, 0.25) is 0 Å². The SMILES string of the molecule is Cc1[nH]n(-c2ccccc2)c(=O)c1N=Nc1cc(C(=O)O)ccc1C(=O)O. The zero-order valence-corrected chi connectivity index (χ0v) is 14.1. The number of aryl methyl sites for hydroxylation is 1. The number of H-pyrrole nitrogens is 1. The van der Waals surface area contributed by atoms with Gasteiger partial charge < -0.3 is 10.2 Å². The molecule has 3 rings (SSSR count). The molecule has 0 aliphatic carbocycles. The van der Waals surface area contributed by atoms with E-state index in [2.05, 4.69) is 15.3 Å². The number of hydrogen-bond donors (Lipinski definition) is 3. The van der Waals surface area contributed by atoms with Crippen molar-refractivity contribution in [3.63, 3.8) is 0 Å². The molecule has 27 heavy (non-hydrogen) atoms. The lowest BCUT2D eigenvalue weighted by Gasteiger charge is -2.01. The van der Waals surface area contributed by atoms with Crippen molar-refractivity contribution in [3.05, 3.63) is 75.7 Å². The first-order valence-electron chi connectivity index (χ1n) is 7.78. The smallest absolute Gasteiger partial charge is 0.337 e. The highest BCUT2D eigenvalue weighted by molar-refractivity contribution is 5.96. The number of hydrogen-bond acceptors (Lipinski definition) is 5. The van der Waals surface area contributed by atoms with Gasteiger partial charge in [-0.05, 0) is 37.3 Å². The van der Waals surface area contributed by atoms with Gasteiger partial charge in [0.2, 0.25) is 0 Å². The van der Waals surface area contributed by atoms with E-state index in [-0.39, 0.29) is 22.5 Å². The van der Waals surface area contributed by atoms with Crippen LogP contribution in [0.3, 0.4) is 0 Å². The van der Waals surface area contributed by atoms with Gasteiger partial charge in [0.1, 0.15) is 5.69 Å². The summed E-state index contributed by atoms with van der Waals surface area (Å²) in [4.78, 5) is 35.0. The predicted molar refractivity (Wildman–Crippen MR) is 95.7 cm³/mol. The summed E-state index contributed by atoms with van der Waals surface area (Å²) in [5.74, 6) is -2.51. The van der Waals surface area contributed by atoms with E-state index in [0.717, 1.165) is 18.2 Å². The number of carboxylic acid groups (broad SMARTS) is 2. The lowest BCUT2D eigenvalue weighted by Crippen LogP contribution is -2.13. The first-order valence-corrected chi connectivity index (χ1v) is 7.78. The van der Waals surface area contributed by atoms with E-state index in [4.69, 9.17) is 5.11 Å². The molecule has 3 aromatic rings. The van der Waals surface area contributed by atoms with E-state index in [0.29, 0.717) is 11.4 Å². The van der Waals surface area contributed by atoms with Crippen molar-refractivity contribution in [2.75, 3.05) is 0 Å². The van der Waals surface area contributed by atoms with E-state index in [1.165, 1.54) is 4.68 Å². The van der Waals surface area contributed by atoms with Crippen molar-refractivity contribution in [1.29, 1.82) is 0 Å². The Hall–Kier alpha value is -4.01. The molecule has 9 heteroatoms. The van der Waals surface area contributed by atoms with E-state index in [1.807, 2.05) is 6.07 Å². The number of azo groups is 1. The third-order valence-electron chi connectivity index (χ3n) is 3.79. The molecule has 0 amide bonds. The van der Waals surface area contributed by atoms with E-state index in [9.17, 15) is 19.5 Å². The molecule has 0 bridgehead atoms. The number of carboxylic acids is 2. The lowest BCUT2D eigenvalue weighted by atomic mass is 10.1. The van der Waals surface area contributed by atoms with Gasteiger partial charge in [0, 0.05) is 0 Å². The van der Waals surface area contributed by atoms with Gasteiger partial charge in [-0.2, -0.15) is 0 Å². The predicted octanol–water partition coefficient (Wildman–Crippen LogP) is 3.29. The molecule has 2 aromatic carbocycles. The average molecular weight is 366 g/mol. The average Bonchev–Trinajstić information content (AvgIpc) is 2.94. The van der Waals surface area contributed by atoms with Crippen molar-refractivity contribution in [1.82, 2.24) is 9.78 Å². The number of rotatable bonds is 5. The van der Waals surface area contributed by atoms with Crippen LogP contribution in [0.4, 0.5) is 11.4 Å². The van der Waals surface area contributed by atoms with Gasteiger partial charge in [-0.15, -0.1) is 10.2 Å². The fourth-order valence-corrected chi connectivity index (χ4v) is 2.45. The standard InChI is InChI=1S/C18H14N4O5/c1-10-15(16(23)22(21-10)12-5-3-2-4-6-12)20-19-14-9-11(17(24)25)7-8-13(14)18(26)27/h2-9,21H,1H3,(H,24,25)(H,26,27). The third-order valence-corrected chi connectivity index (χ3v) is 3.79. The van der Waals surface area contributed by atoms with Gasteiger partial charge in [-0.1, -0.05) is 18.2 Å². The zero-order valence-electron chi connectivity index (χ0n) is 14.1. The van der Waals surface area contributed by atoms with Gasteiger partial charge in [0.25, 0.3) is 5.56 Å². The Morgan fingerprint density at radius 3 is 2.33 bits per heavy atom. The Kier molecular flexibility index (Phi) is 4.67. The van der Waals surface area contributed by atoms with Gasteiger partial charge in [0.15, 0.2) is 5.69 Å². The molecule has 0 aliphatic rings. The van der Waals surface area contributed by atoms with Gasteiger partial charge in [0.05, 0.1) is 22.5 Å². The molecular weight excluding hydrogens is 352 g/mol. The second-order valence-electron chi connectivity index (χ2n) is 5.60. The molecule has 0 radical (unpaired) electrons. The Balaban J connectivity index is 2.06. The monoisotopic (exact) mass is 366 g/mol. The van der Waals surface area contributed by atoms with Crippen LogP contribution in [0.1, 0.15) is 26.4 Å². The Morgan fingerprint density at radius 1 is 1.00 bits per heavy atom. The fraction of sp³-hybridized carbons (Fsp3) is 0.0556. The number of carbonyl (C=O) groups is 2. The minimum absolute atomic E-state index is 0.00378. The molecule has 3 N–H and O–H groups in total. The van der Waals surface area contributed by atoms with Crippen molar-refractivity contribution < 1.29 is 19.8 Å². The summed E-state index contributed by atoms with van der Waals surface area (Å²) in [7, 11) is 0. The lowest BCUT2D eigenvalue weighted by molar-refractivity contribution is 0.0682. The van der Waals surface area contributed by atoms with Crippen molar-refractivity contribution in [3.8, 4) is 5.69 Å². The molecule has 1 heterocycles. The topological polar surface area (TPSA) is 137 Å². The minimum Gasteiger partial charge on any atom is -0.478 e. The fourth-order valence-electron chi connectivity index (χ4n) is 2.45. The van der Waals surface area contributed by atoms with Crippen LogP contribution in [0, 0.1) is 6.92 Å². The van der Waals surface area contributed by atoms with E-state index < -0.39 is 17.5 Å². The van der Waals surface area contributed by atoms with Crippen molar-refractivity contribution in [2.45, 2.75) is 6.92 Å². The van der Waals surface area contributed by atoms with Crippen molar-refractivity contribution in [2.24, 2.45) is 10.2 Å². The number of benzene rings is 2. The van der Waals surface area contributed by atoms with Gasteiger partial charge in [-0.3, -0.25) is 9.89 Å². The second kappa shape index (κ2) is 7.08. The summed E-state index contributed by atoms with van der Waals surface area (Å²) in [5.41, 5.74) is 0.0464. The number of nitrogens with zero attached hydrogens (tertiary/aromatic N) is 3. The van der Waals surface area contributed by atoms with Crippen LogP contribution >= 0.6 is 0 Å². The van der Waals surface area contributed by atoms with Crippen LogP contribution in [-0.4, -0.2) is 31.9 Å². The van der Waals surface area contributed by atoms with Gasteiger partial charge >= 0.3 is 11.9 Å². The molecule has 0 saturated carbocycles. The summed E-state index contributed by atoms with van der Waals surface area (Å²) >= 11 is 0. The molecule has 1 aromatic heterocycles. The molecule has 136 valence electrons. The number of para-hydroxylation sites is 1. The quantitative estimate of drug-likeness (QED) is 0.595. The van der Waals surface area contributed by atoms with Crippen molar-refractivity contribution >= 4 is 23.3 Å². The van der Waals surface area contributed by atoms with E-state index in [1.54, 1.807) is 31.2 Å². The van der Waals surface area contributed by atoms with Crippen LogP contribution < -0.4 is 5.56 Å². The Bertz CT molecular complexity index is 1110. The largest absolute Gasteiger partial charge is 0.478 e. The first kappa shape index (κ1) is 17.8. The summed E-state index contributed by atoms with van der Waals surface area (Å²) < 4.78 is 1.29. The normalized spacial score (nSPS) is 11.0. The summed E-state index contributed by atoms with van der Waals surface area (Å²) in [5, 5.41) is 28.9. The molecular formula is C18H14N4O5. The number of nitrogens with one attached hydrogen (secondary N) is 1. The van der Waals surface area contributed by atoms with Crippen LogP contribution in [0.5, 0.6) is 0 Å². The highest BCUT2D eigenvalue weighted by Gasteiger charge is 2.15. The Morgan fingerprint density at radius 2 is 1.70 bits per heavy atom. The zero-order chi connectivity index (χ0) is 19.6. The van der Waals surface area contributed by atoms with Crippen LogP contribution in [-0.2, 0) is 0 Å². The maximum absolute atomic E-state index is 12.6.